The molecule has 0 bridgehead atoms. The van der Waals surface area contributed by atoms with Gasteiger partial charge < -0.3 is 10.1 Å². The number of carbonyl (C=O) groups is 1. The van der Waals surface area contributed by atoms with Crippen LogP contribution in [0.4, 0.5) is 4.79 Å². The molecule has 1 fully saturated rings. The summed E-state index contributed by atoms with van der Waals surface area (Å²) in [6.07, 6.45) is 7.95. The van der Waals surface area contributed by atoms with Gasteiger partial charge in [0.05, 0.1) is 6.54 Å². The second-order valence-electron chi connectivity index (χ2n) is 6.22. The first-order valence-corrected chi connectivity index (χ1v) is 7.03. The Balaban J connectivity index is 1.95. The van der Waals surface area contributed by atoms with Gasteiger partial charge in [-0.15, -0.1) is 0 Å². The molecule has 1 N–H and O–H groups in total. The van der Waals surface area contributed by atoms with E-state index in [4.69, 9.17) is 4.74 Å². The largest absolute Gasteiger partial charge is 0.443 e. The van der Waals surface area contributed by atoms with Gasteiger partial charge in [-0.25, -0.2) is 4.79 Å². The minimum absolute atomic E-state index is 0.261. The average molecular weight is 264 g/mol. The number of ether oxygens (including phenoxy) is 1. The monoisotopic (exact) mass is 264 g/mol. The minimum atomic E-state index is -0.443. The van der Waals surface area contributed by atoms with Gasteiger partial charge in [-0.3, -0.25) is 4.90 Å². The number of hydrogen-bond acceptors (Lipinski definition) is 3. The van der Waals surface area contributed by atoms with Crippen LogP contribution in [0, 0.1) is 5.92 Å². The zero-order chi connectivity index (χ0) is 13.9. The molecule has 4 nitrogen and oxygen atoms in total. The van der Waals surface area contributed by atoms with Crippen molar-refractivity contribution in [2.75, 3.05) is 19.6 Å². The molecule has 0 unspecified atom stereocenters. The lowest BCUT2D eigenvalue weighted by Gasteiger charge is -2.31. The summed E-state index contributed by atoms with van der Waals surface area (Å²) in [5.41, 5.74) is 0.899. The second kappa shape index (κ2) is 5.78. The molecule has 2 aliphatic heterocycles. The lowest BCUT2D eigenvalue weighted by Crippen LogP contribution is -2.37. The SMILES string of the molecule is CC(C)(C)OC(=O)N1C=CC=C(C2CCNCC2)C1. The molecule has 0 saturated carbocycles. The van der Waals surface area contributed by atoms with E-state index in [1.165, 1.54) is 5.57 Å². The van der Waals surface area contributed by atoms with Crippen molar-refractivity contribution in [3.8, 4) is 0 Å². The number of rotatable bonds is 1. The van der Waals surface area contributed by atoms with E-state index >= 15 is 0 Å². The number of carbonyl (C=O) groups excluding carboxylic acids is 1. The Morgan fingerprint density at radius 3 is 2.68 bits per heavy atom. The first-order chi connectivity index (χ1) is 8.96. The van der Waals surface area contributed by atoms with Gasteiger partial charge in [-0.05, 0) is 64.3 Å². The molecule has 2 rings (SSSR count). The number of hydrogen-bond donors (Lipinski definition) is 1. The van der Waals surface area contributed by atoms with E-state index in [1.807, 2.05) is 26.8 Å². The topological polar surface area (TPSA) is 41.6 Å². The van der Waals surface area contributed by atoms with E-state index in [9.17, 15) is 4.79 Å². The predicted molar refractivity (Wildman–Crippen MR) is 75.8 cm³/mol. The molecule has 106 valence electrons. The van der Waals surface area contributed by atoms with Gasteiger partial charge in [0.1, 0.15) is 5.60 Å². The van der Waals surface area contributed by atoms with Crippen molar-refractivity contribution in [1.82, 2.24) is 10.2 Å². The Morgan fingerprint density at radius 1 is 1.37 bits per heavy atom. The molecule has 0 spiro atoms. The Kier molecular flexibility index (Phi) is 4.30. The molecular formula is C15H24N2O2. The Hall–Kier alpha value is -1.29. The van der Waals surface area contributed by atoms with Gasteiger partial charge in [0.2, 0.25) is 0 Å². The van der Waals surface area contributed by atoms with Gasteiger partial charge in [0.15, 0.2) is 0 Å². The third kappa shape index (κ3) is 4.10. The average Bonchev–Trinajstić information content (AvgIpc) is 2.38. The van der Waals surface area contributed by atoms with Crippen molar-refractivity contribution in [1.29, 1.82) is 0 Å². The zero-order valence-electron chi connectivity index (χ0n) is 12.1. The smallest absolute Gasteiger partial charge is 0.414 e. The highest BCUT2D eigenvalue weighted by atomic mass is 16.6. The van der Waals surface area contributed by atoms with Crippen LogP contribution in [0.5, 0.6) is 0 Å². The van der Waals surface area contributed by atoms with Crippen molar-refractivity contribution in [2.45, 2.75) is 39.2 Å². The van der Waals surface area contributed by atoms with E-state index in [-0.39, 0.29) is 6.09 Å². The highest BCUT2D eigenvalue weighted by molar-refractivity contribution is 5.70. The summed E-state index contributed by atoms with van der Waals surface area (Å²) in [7, 11) is 0. The lowest BCUT2D eigenvalue weighted by molar-refractivity contribution is 0.0342. The fraction of sp³-hybridized carbons (Fsp3) is 0.667. The maximum Gasteiger partial charge on any atom is 0.414 e. The fourth-order valence-corrected chi connectivity index (χ4v) is 2.48. The Bertz CT molecular complexity index is 387. The van der Waals surface area contributed by atoms with Crippen molar-refractivity contribution < 1.29 is 9.53 Å². The van der Waals surface area contributed by atoms with Crippen LogP contribution in [0.15, 0.2) is 23.9 Å². The molecule has 2 aliphatic rings. The standard InChI is InChI=1S/C15H24N2O2/c1-15(2,3)19-14(18)17-10-4-5-13(11-17)12-6-8-16-9-7-12/h4-5,10,12,16H,6-9,11H2,1-3H3. The summed E-state index contributed by atoms with van der Waals surface area (Å²) in [6.45, 7) is 8.47. The van der Waals surface area contributed by atoms with Crippen LogP contribution in [0.2, 0.25) is 0 Å². The molecule has 0 aromatic carbocycles. The molecule has 0 radical (unpaired) electrons. The van der Waals surface area contributed by atoms with E-state index in [1.54, 1.807) is 11.1 Å². The van der Waals surface area contributed by atoms with Crippen LogP contribution in [0.3, 0.4) is 0 Å². The van der Waals surface area contributed by atoms with Crippen molar-refractivity contribution in [3.05, 3.63) is 23.9 Å². The number of allylic oxidation sites excluding steroid dienone is 2. The van der Waals surface area contributed by atoms with Crippen LogP contribution in [0.25, 0.3) is 0 Å². The molecule has 0 atom stereocenters. The van der Waals surface area contributed by atoms with E-state index in [0.717, 1.165) is 25.9 Å². The maximum atomic E-state index is 12.1. The summed E-state index contributed by atoms with van der Waals surface area (Å²) < 4.78 is 5.41. The van der Waals surface area contributed by atoms with Gasteiger partial charge in [0, 0.05) is 6.20 Å². The summed E-state index contributed by atoms with van der Waals surface area (Å²) in [6, 6.07) is 0. The quantitative estimate of drug-likeness (QED) is 0.791. The summed E-state index contributed by atoms with van der Waals surface area (Å²) in [5.74, 6) is 0.594. The van der Waals surface area contributed by atoms with Crippen molar-refractivity contribution in [2.24, 2.45) is 5.92 Å². The first kappa shape index (κ1) is 14.1. The van der Waals surface area contributed by atoms with Crippen molar-refractivity contribution >= 4 is 6.09 Å². The molecular weight excluding hydrogens is 240 g/mol. The molecule has 1 amide bonds. The fourth-order valence-electron chi connectivity index (χ4n) is 2.48. The van der Waals surface area contributed by atoms with Crippen molar-refractivity contribution in [3.63, 3.8) is 0 Å². The Labute approximate surface area is 115 Å². The zero-order valence-corrected chi connectivity index (χ0v) is 12.1. The predicted octanol–water partition coefficient (Wildman–Crippen LogP) is 2.68. The van der Waals surface area contributed by atoms with E-state index < -0.39 is 5.60 Å². The van der Waals surface area contributed by atoms with Crippen LogP contribution in [-0.2, 0) is 4.74 Å². The molecule has 0 aromatic heterocycles. The van der Waals surface area contributed by atoms with Crippen LogP contribution < -0.4 is 5.32 Å². The number of piperidine rings is 1. The van der Waals surface area contributed by atoms with Gasteiger partial charge >= 0.3 is 6.09 Å². The molecule has 0 aromatic rings. The Morgan fingerprint density at radius 2 is 2.05 bits per heavy atom. The molecule has 19 heavy (non-hydrogen) atoms. The van der Waals surface area contributed by atoms with Crippen LogP contribution in [-0.4, -0.2) is 36.2 Å². The highest BCUT2D eigenvalue weighted by Crippen LogP contribution is 2.25. The van der Waals surface area contributed by atoms with Gasteiger partial charge in [-0.2, -0.15) is 0 Å². The lowest BCUT2D eigenvalue weighted by atomic mass is 9.88. The van der Waals surface area contributed by atoms with E-state index in [2.05, 4.69) is 11.4 Å². The van der Waals surface area contributed by atoms with Crippen LogP contribution in [0.1, 0.15) is 33.6 Å². The third-order valence-corrected chi connectivity index (χ3v) is 3.42. The molecule has 2 heterocycles. The van der Waals surface area contributed by atoms with Gasteiger partial charge in [0.25, 0.3) is 0 Å². The number of amides is 1. The summed E-state index contributed by atoms with van der Waals surface area (Å²) in [4.78, 5) is 13.7. The first-order valence-electron chi connectivity index (χ1n) is 7.03. The van der Waals surface area contributed by atoms with Gasteiger partial charge in [-0.1, -0.05) is 6.08 Å². The molecule has 4 heteroatoms. The normalized spacial score (nSPS) is 21.2. The summed E-state index contributed by atoms with van der Waals surface area (Å²) >= 11 is 0. The number of nitrogens with zero attached hydrogens (tertiary/aromatic N) is 1. The second-order valence-corrected chi connectivity index (χ2v) is 6.22. The third-order valence-electron chi connectivity index (χ3n) is 3.42. The maximum absolute atomic E-state index is 12.1. The number of nitrogens with one attached hydrogen (secondary N) is 1. The molecule has 1 saturated heterocycles. The highest BCUT2D eigenvalue weighted by Gasteiger charge is 2.25. The minimum Gasteiger partial charge on any atom is -0.443 e. The molecule has 0 aliphatic carbocycles. The van der Waals surface area contributed by atoms with E-state index in [0.29, 0.717) is 12.5 Å². The summed E-state index contributed by atoms with van der Waals surface area (Å²) in [5, 5.41) is 3.37. The van der Waals surface area contributed by atoms with Crippen LogP contribution >= 0.6 is 0 Å².